The van der Waals surface area contributed by atoms with Gasteiger partial charge in [0.1, 0.15) is 5.02 Å². The number of hydrogen-bond acceptors (Lipinski definition) is 4. The Morgan fingerprint density at radius 3 is 2.41 bits per heavy atom. The highest BCUT2D eigenvalue weighted by Gasteiger charge is 2.12. The van der Waals surface area contributed by atoms with Crippen LogP contribution in [0.3, 0.4) is 0 Å². The molecule has 2 aromatic carbocycles. The van der Waals surface area contributed by atoms with E-state index in [4.69, 9.17) is 11.6 Å². The highest BCUT2D eigenvalue weighted by Crippen LogP contribution is 2.22. The van der Waals surface area contributed by atoms with Crippen LogP contribution < -0.4 is 16.2 Å². The molecule has 0 saturated carbocycles. The molecule has 150 valence electrons. The average Bonchev–Trinajstić information content (AvgIpc) is 2.68. The second-order valence-electron chi connectivity index (χ2n) is 7.00. The molecule has 0 radical (unpaired) electrons. The van der Waals surface area contributed by atoms with Crippen molar-refractivity contribution in [2.45, 2.75) is 27.3 Å². The lowest BCUT2D eigenvalue weighted by atomic mass is 10.1. The minimum Gasteiger partial charge on any atom is -0.373 e. The van der Waals surface area contributed by atoms with Crippen molar-refractivity contribution in [2.24, 2.45) is 0 Å². The molecule has 0 atom stereocenters. The standard InChI is InChI=1S/C22H23ClN4O2/c1-14-9-15(2)21(16(3)10-14)26-19(28)12-24-18-11-25-27(22(29)20(18)23)13-17-7-5-4-6-8-17/h4-11,24H,12-13H2,1-3H3,(H,26,28). The molecule has 1 heterocycles. The van der Waals surface area contributed by atoms with Crippen molar-refractivity contribution >= 4 is 28.9 Å². The van der Waals surface area contributed by atoms with E-state index in [0.29, 0.717) is 12.2 Å². The molecule has 1 aromatic heterocycles. The fraction of sp³-hybridized carbons (Fsp3) is 0.227. The zero-order valence-electron chi connectivity index (χ0n) is 16.6. The molecule has 0 aliphatic heterocycles. The van der Waals surface area contributed by atoms with Gasteiger partial charge < -0.3 is 10.6 Å². The van der Waals surface area contributed by atoms with Gasteiger partial charge in [0.05, 0.1) is 25.0 Å². The molecule has 3 rings (SSSR count). The molecule has 0 spiro atoms. The number of hydrogen-bond donors (Lipinski definition) is 2. The molecule has 1 amide bonds. The van der Waals surface area contributed by atoms with Gasteiger partial charge in [0.15, 0.2) is 0 Å². The number of benzene rings is 2. The van der Waals surface area contributed by atoms with E-state index in [1.807, 2.05) is 63.2 Å². The third-order valence-corrected chi connectivity index (χ3v) is 4.91. The van der Waals surface area contributed by atoms with Crippen molar-refractivity contribution in [1.29, 1.82) is 0 Å². The number of halogens is 1. The van der Waals surface area contributed by atoms with E-state index < -0.39 is 5.56 Å². The summed E-state index contributed by atoms with van der Waals surface area (Å²) < 4.78 is 1.29. The average molecular weight is 411 g/mol. The van der Waals surface area contributed by atoms with Crippen LogP contribution in [0.1, 0.15) is 22.3 Å². The summed E-state index contributed by atoms with van der Waals surface area (Å²) in [6, 6.07) is 13.6. The van der Waals surface area contributed by atoms with Crippen molar-refractivity contribution in [3.63, 3.8) is 0 Å². The maximum Gasteiger partial charge on any atom is 0.287 e. The first-order valence-electron chi connectivity index (χ1n) is 9.26. The summed E-state index contributed by atoms with van der Waals surface area (Å²) in [5.41, 5.74) is 4.80. The minimum absolute atomic E-state index is 0.00595. The molecular formula is C22H23ClN4O2. The number of rotatable bonds is 6. The van der Waals surface area contributed by atoms with Crippen LogP contribution in [0.25, 0.3) is 0 Å². The normalized spacial score (nSPS) is 10.6. The summed E-state index contributed by atoms with van der Waals surface area (Å²) in [7, 11) is 0. The maximum atomic E-state index is 12.5. The first-order chi connectivity index (χ1) is 13.8. The van der Waals surface area contributed by atoms with E-state index in [9.17, 15) is 9.59 Å². The van der Waals surface area contributed by atoms with Gasteiger partial charge in [-0.3, -0.25) is 9.59 Å². The van der Waals surface area contributed by atoms with Crippen LogP contribution in [0.2, 0.25) is 5.02 Å². The monoisotopic (exact) mass is 410 g/mol. The molecule has 0 fully saturated rings. The van der Waals surface area contributed by atoms with E-state index in [1.165, 1.54) is 10.9 Å². The van der Waals surface area contributed by atoms with Gasteiger partial charge >= 0.3 is 0 Å². The van der Waals surface area contributed by atoms with E-state index in [0.717, 1.165) is 27.9 Å². The van der Waals surface area contributed by atoms with Gasteiger partial charge in [0.2, 0.25) is 5.91 Å². The van der Waals surface area contributed by atoms with Gasteiger partial charge in [-0.05, 0) is 37.5 Å². The lowest BCUT2D eigenvalue weighted by molar-refractivity contribution is -0.114. The van der Waals surface area contributed by atoms with E-state index in [-0.39, 0.29) is 17.5 Å². The summed E-state index contributed by atoms with van der Waals surface area (Å²) in [5, 5.41) is 9.97. The summed E-state index contributed by atoms with van der Waals surface area (Å²) >= 11 is 6.21. The summed E-state index contributed by atoms with van der Waals surface area (Å²) in [6.45, 7) is 6.22. The highest BCUT2D eigenvalue weighted by atomic mass is 35.5. The predicted octanol–water partition coefficient (Wildman–Crippen LogP) is 3.92. The van der Waals surface area contributed by atoms with Crippen molar-refractivity contribution < 1.29 is 4.79 Å². The Morgan fingerprint density at radius 2 is 1.76 bits per heavy atom. The topological polar surface area (TPSA) is 76.0 Å². The van der Waals surface area contributed by atoms with Crippen LogP contribution in [0.5, 0.6) is 0 Å². The molecule has 3 aromatic rings. The van der Waals surface area contributed by atoms with Gasteiger partial charge in [-0.25, -0.2) is 4.68 Å². The zero-order chi connectivity index (χ0) is 21.0. The number of nitrogens with one attached hydrogen (secondary N) is 2. The SMILES string of the molecule is Cc1cc(C)c(NC(=O)CNc2cnn(Cc3ccccc3)c(=O)c2Cl)c(C)c1. The van der Waals surface area contributed by atoms with Crippen molar-refractivity contribution in [3.05, 3.63) is 86.3 Å². The minimum atomic E-state index is -0.411. The number of aromatic nitrogens is 2. The highest BCUT2D eigenvalue weighted by molar-refractivity contribution is 6.33. The fourth-order valence-electron chi connectivity index (χ4n) is 3.19. The predicted molar refractivity (Wildman–Crippen MR) is 117 cm³/mol. The summed E-state index contributed by atoms with van der Waals surface area (Å²) in [4.78, 5) is 24.8. The lowest BCUT2D eigenvalue weighted by Gasteiger charge is -2.14. The van der Waals surface area contributed by atoms with E-state index >= 15 is 0 Å². The third kappa shape index (κ3) is 5.03. The van der Waals surface area contributed by atoms with Crippen molar-refractivity contribution in [2.75, 3.05) is 17.2 Å². The largest absolute Gasteiger partial charge is 0.373 e. The molecular weight excluding hydrogens is 388 g/mol. The molecule has 29 heavy (non-hydrogen) atoms. The third-order valence-electron chi connectivity index (χ3n) is 4.54. The molecule has 7 heteroatoms. The van der Waals surface area contributed by atoms with Crippen LogP contribution in [-0.4, -0.2) is 22.2 Å². The Kier molecular flexibility index (Phi) is 6.34. The molecule has 0 bridgehead atoms. The van der Waals surface area contributed by atoms with Crippen molar-refractivity contribution in [1.82, 2.24) is 9.78 Å². The van der Waals surface area contributed by atoms with Crippen LogP contribution in [-0.2, 0) is 11.3 Å². The van der Waals surface area contributed by atoms with Gasteiger partial charge in [-0.1, -0.05) is 59.6 Å². The number of carbonyl (C=O) groups excluding carboxylic acids is 1. The molecule has 0 aliphatic carbocycles. The summed E-state index contributed by atoms with van der Waals surface area (Å²) in [5.74, 6) is -0.232. The first-order valence-corrected chi connectivity index (χ1v) is 9.64. The smallest absolute Gasteiger partial charge is 0.287 e. The van der Waals surface area contributed by atoms with Crippen LogP contribution in [0, 0.1) is 20.8 Å². The van der Waals surface area contributed by atoms with Crippen molar-refractivity contribution in [3.8, 4) is 0 Å². The second-order valence-corrected chi connectivity index (χ2v) is 7.37. The van der Waals surface area contributed by atoms with Gasteiger partial charge in [0, 0.05) is 5.69 Å². The first kappa shape index (κ1) is 20.6. The Hall–Kier alpha value is -3.12. The van der Waals surface area contributed by atoms with E-state index in [2.05, 4.69) is 15.7 Å². The van der Waals surface area contributed by atoms with Gasteiger partial charge in [0.25, 0.3) is 5.56 Å². The van der Waals surface area contributed by atoms with Gasteiger partial charge in [-0.2, -0.15) is 5.10 Å². The molecule has 2 N–H and O–H groups in total. The van der Waals surface area contributed by atoms with Crippen LogP contribution in [0.4, 0.5) is 11.4 Å². The maximum absolute atomic E-state index is 12.5. The Balaban J connectivity index is 1.67. The molecule has 0 unspecified atom stereocenters. The Morgan fingerprint density at radius 1 is 1.10 bits per heavy atom. The number of anilines is 2. The number of nitrogens with zero attached hydrogens (tertiary/aromatic N) is 2. The molecule has 0 saturated heterocycles. The fourth-order valence-corrected chi connectivity index (χ4v) is 3.41. The van der Waals surface area contributed by atoms with Gasteiger partial charge in [-0.15, -0.1) is 0 Å². The Labute approximate surface area is 174 Å². The second kappa shape index (κ2) is 8.92. The Bertz CT molecular complexity index is 1070. The van der Waals surface area contributed by atoms with E-state index in [1.54, 1.807) is 0 Å². The van der Waals surface area contributed by atoms with Crippen LogP contribution in [0.15, 0.2) is 53.5 Å². The lowest BCUT2D eigenvalue weighted by Crippen LogP contribution is -2.27. The zero-order valence-corrected chi connectivity index (χ0v) is 17.4. The molecule has 6 nitrogen and oxygen atoms in total. The molecule has 0 aliphatic rings. The number of amides is 1. The quantitative estimate of drug-likeness (QED) is 0.645. The number of aryl methyl sites for hydroxylation is 3. The number of carbonyl (C=O) groups is 1. The summed E-state index contributed by atoms with van der Waals surface area (Å²) in [6.07, 6.45) is 1.46. The van der Waals surface area contributed by atoms with Crippen LogP contribution >= 0.6 is 11.6 Å².